The Balaban J connectivity index is -0.000000111. The van der Waals surface area contributed by atoms with Crippen LogP contribution < -0.4 is 0 Å². The Labute approximate surface area is 210 Å². The molecule has 0 aliphatic rings. The van der Waals surface area contributed by atoms with Crippen LogP contribution in [0.25, 0.3) is 0 Å². The molecule has 144 valence electrons. The summed E-state index contributed by atoms with van der Waals surface area (Å²) in [6.07, 6.45) is 5.73. The molecule has 0 aromatic carbocycles. The summed E-state index contributed by atoms with van der Waals surface area (Å²) in [6, 6.07) is 0. The van der Waals surface area contributed by atoms with Crippen LogP contribution in [0.15, 0.2) is 0 Å². The molecule has 0 nitrogen and oxygen atoms in total. The summed E-state index contributed by atoms with van der Waals surface area (Å²) in [6.45, 7) is 18.2. The summed E-state index contributed by atoms with van der Waals surface area (Å²) in [5.41, 5.74) is 0. The van der Waals surface area contributed by atoms with Crippen LogP contribution in [0.1, 0.15) is 81.1 Å². The Kier molecular flexibility index (Phi) is 44.7. The molecule has 0 heterocycles. The van der Waals surface area contributed by atoms with E-state index in [0.29, 0.717) is 0 Å². The van der Waals surface area contributed by atoms with Gasteiger partial charge in [-0.3, -0.25) is 0 Å². The van der Waals surface area contributed by atoms with E-state index in [1.54, 1.807) is 0 Å². The van der Waals surface area contributed by atoms with E-state index in [1.165, 1.54) is 134 Å². The van der Waals surface area contributed by atoms with Crippen molar-refractivity contribution in [1.82, 2.24) is 0 Å². The van der Waals surface area contributed by atoms with Crippen molar-refractivity contribution in [3.8, 4) is 0 Å². The van der Waals surface area contributed by atoms with Crippen molar-refractivity contribution in [3.63, 3.8) is 0 Å². The van der Waals surface area contributed by atoms with Crippen molar-refractivity contribution in [2.75, 3.05) is 0 Å². The van der Waals surface area contributed by atoms with Crippen molar-refractivity contribution >= 4 is 90.1 Å². The molecule has 0 N–H and O–H groups in total. The minimum absolute atomic E-state index is 0.931. The first-order chi connectivity index (χ1) is 11.1. The molecule has 24 heavy (non-hydrogen) atoms. The van der Waals surface area contributed by atoms with E-state index in [-0.39, 0.29) is 0 Å². The molecule has 8 radical (unpaired) electrons. The van der Waals surface area contributed by atoms with Gasteiger partial charge in [-0.2, -0.15) is 0 Å². The van der Waals surface area contributed by atoms with Crippen LogP contribution in [-0.2, 0) is 0 Å². The Morgan fingerprint density at radius 2 is 0.500 bits per heavy atom. The first kappa shape index (κ1) is 34.7. The summed E-state index contributed by atoms with van der Waals surface area (Å²) in [5, 5.41) is 0. The molecular weight excluding hydrogens is 715 g/mol. The Hall–Kier alpha value is 3.19. The molecule has 0 aliphatic heterocycles. The van der Waals surface area contributed by atoms with E-state index < -0.39 is 0 Å². The molecule has 0 aromatic heterocycles. The van der Waals surface area contributed by atoms with Crippen molar-refractivity contribution in [2.24, 2.45) is 23.7 Å². The normalized spacial score (nSPS) is 10.0. The molecular formula is C20H48Sn4. The van der Waals surface area contributed by atoms with Gasteiger partial charge in [0.25, 0.3) is 0 Å². The zero-order chi connectivity index (χ0) is 20.0. The maximum absolute atomic E-state index is 2.27. The van der Waals surface area contributed by atoms with Gasteiger partial charge < -0.3 is 0 Å². The first-order valence-electron chi connectivity index (χ1n) is 9.88. The molecule has 0 spiro atoms. The zero-order valence-corrected chi connectivity index (χ0v) is 31.5. The minimum atomic E-state index is 0.931. The molecule has 0 unspecified atom stereocenters. The summed E-state index contributed by atoms with van der Waals surface area (Å²) in [5.74, 6) is 3.72. The summed E-state index contributed by atoms with van der Waals surface area (Å²) < 4.78 is 5.84. The van der Waals surface area contributed by atoms with Gasteiger partial charge in [0.1, 0.15) is 0 Å². The topological polar surface area (TPSA) is 0 Å². The van der Waals surface area contributed by atoms with E-state index in [1.807, 2.05) is 0 Å². The van der Waals surface area contributed by atoms with Crippen molar-refractivity contribution < 1.29 is 0 Å². The van der Waals surface area contributed by atoms with Gasteiger partial charge in [0.05, 0.1) is 0 Å². The Bertz CT molecular complexity index is 140. The molecule has 4 heteroatoms. The quantitative estimate of drug-likeness (QED) is 0.291. The van der Waals surface area contributed by atoms with Gasteiger partial charge >= 0.3 is 213 Å². The van der Waals surface area contributed by atoms with Crippen molar-refractivity contribution in [3.05, 3.63) is 0 Å². The van der Waals surface area contributed by atoms with E-state index >= 15 is 0 Å². The van der Waals surface area contributed by atoms with Crippen LogP contribution in [0, 0.1) is 23.7 Å². The van der Waals surface area contributed by atoms with Crippen molar-refractivity contribution in [1.29, 1.82) is 0 Å². The molecule has 0 rings (SSSR count). The second-order valence-corrected chi connectivity index (χ2v) is 14.5. The van der Waals surface area contributed by atoms with Crippen molar-refractivity contribution in [2.45, 2.75) is 98.8 Å². The number of hydrogen-bond acceptors (Lipinski definition) is 0. The third-order valence-electron chi connectivity index (χ3n) is 2.98. The molecule has 0 fully saturated rings. The molecule has 0 amide bonds. The fourth-order valence-electron chi connectivity index (χ4n) is 1.33. The fourth-order valence-corrected chi connectivity index (χ4v) is 8.94. The van der Waals surface area contributed by atoms with Crippen LogP contribution in [0.3, 0.4) is 0 Å². The number of hydrogen-bond donors (Lipinski definition) is 0. The fraction of sp³-hybridized carbons (Fsp3) is 1.00. The van der Waals surface area contributed by atoms with E-state index in [0.717, 1.165) is 23.7 Å². The first-order valence-corrected chi connectivity index (χ1v) is 19.2. The number of rotatable bonds is 8. The van der Waals surface area contributed by atoms with Gasteiger partial charge in [-0.25, -0.2) is 0 Å². The van der Waals surface area contributed by atoms with Gasteiger partial charge in [-0.05, 0) is 0 Å². The maximum atomic E-state index is 2.27. The second-order valence-electron chi connectivity index (χ2n) is 7.88. The van der Waals surface area contributed by atoms with Crippen LogP contribution in [0.5, 0.6) is 0 Å². The van der Waals surface area contributed by atoms with Gasteiger partial charge in [-0.15, -0.1) is 0 Å². The van der Waals surface area contributed by atoms with Gasteiger partial charge in [0, 0.05) is 0 Å². The van der Waals surface area contributed by atoms with Crippen LogP contribution in [0.2, 0.25) is 17.7 Å². The molecule has 0 atom stereocenters. The molecule has 0 aromatic rings. The third-order valence-corrected chi connectivity index (χ3v) is 6.78. The summed E-state index contributed by atoms with van der Waals surface area (Å²) in [7, 11) is 0. The van der Waals surface area contributed by atoms with Gasteiger partial charge in [0.15, 0.2) is 0 Å². The predicted octanol–water partition coefficient (Wildman–Crippen LogP) is 5.41. The average molecular weight is 763 g/mol. The van der Waals surface area contributed by atoms with Crippen LogP contribution in [0.4, 0.5) is 0 Å². The van der Waals surface area contributed by atoms with E-state index in [2.05, 4.69) is 55.4 Å². The standard InChI is InChI=1S/4C5H11.4Sn.4H/c4*1-4-5(2)3;;;;;;;;/h4*5H,1,4H2,2-3H3;;;;;;;;. The van der Waals surface area contributed by atoms with Crippen LogP contribution in [-0.4, -0.2) is 90.1 Å². The van der Waals surface area contributed by atoms with Crippen LogP contribution >= 0.6 is 0 Å². The summed E-state index contributed by atoms with van der Waals surface area (Å²) in [4.78, 5) is 0. The third kappa shape index (κ3) is 63.9. The van der Waals surface area contributed by atoms with Gasteiger partial charge in [-0.1, -0.05) is 0 Å². The Morgan fingerprint density at radius 3 is 0.500 bits per heavy atom. The molecule has 0 saturated carbocycles. The molecule has 0 saturated heterocycles. The van der Waals surface area contributed by atoms with E-state index in [9.17, 15) is 0 Å². The summed E-state index contributed by atoms with van der Waals surface area (Å²) >= 11 is 5.76. The predicted molar refractivity (Wildman–Crippen MR) is 126 cm³/mol. The monoisotopic (exact) mass is 768 g/mol. The average Bonchev–Trinajstić information content (AvgIpc) is 2.39. The zero-order valence-electron chi connectivity index (χ0n) is 18.3. The van der Waals surface area contributed by atoms with Gasteiger partial charge in [0.2, 0.25) is 0 Å². The molecule has 0 aliphatic carbocycles. The SMILES string of the molecule is CC(C)C[CH2][SnH].CC(C)C[CH2][SnH].CC(C)C[CH2][SnH].CC(C)C[CH2][SnH]. The second kappa shape index (κ2) is 30.9. The Morgan fingerprint density at radius 1 is 0.375 bits per heavy atom. The molecule has 0 bridgehead atoms. The van der Waals surface area contributed by atoms with E-state index in [4.69, 9.17) is 0 Å².